The number of nitrogens with zero attached hydrogens (tertiary/aromatic N) is 2. The van der Waals surface area contributed by atoms with Crippen molar-refractivity contribution < 1.29 is 9.53 Å². The molecular weight excluding hydrogens is 228 g/mol. The number of morpholine rings is 1. The Labute approximate surface area is 107 Å². The highest BCUT2D eigenvalue weighted by atomic mass is 16.5. The SMILES string of the molecule is CC1CN(C(=O)c2ccc(C#N)cc2)C(C)CO1. The number of rotatable bonds is 1. The molecule has 0 N–H and O–H groups in total. The molecule has 0 spiro atoms. The summed E-state index contributed by atoms with van der Waals surface area (Å²) < 4.78 is 5.51. The molecule has 1 heterocycles. The van der Waals surface area contributed by atoms with E-state index in [1.807, 2.05) is 24.8 Å². The minimum atomic E-state index is 0.00198. The lowest BCUT2D eigenvalue weighted by molar-refractivity contribution is -0.0387. The summed E-state index contributed by atoms with van der Waals surface area (Å²) in [6, 6.07) is 8.87. The van der Waals surface area contributed by atoms with Crippen LogP contribution >= 0.6 is 0 Å². The quantitative estimate of drug-likeness (QED) is 0.757. The van der Waals surface area contributed by atoms with Crippen LogP contribution in [0.1, 0.15) is 29.8 Å². The molecule has 0 bridgehead atoms. The highest BCUT2D eigenvalue weighted by molar-refractivity contribution is 5.94. The summed E-state index contributed by atoms with van der Waals surface area (Å²) in [4.78, 5) is 14.2. The Kier molecular flexibility index (Phi) is 3.63. The van der Waals surface area contributed by atoms with Crippen LogP contribution in [-0.4, -0.2) is 36.1 Å². The first-order chi connectivity index (χ1) is 8.61. The largest absolute Gasteiger partial charge is 0.375 e. The summed E-state index contributed by atoms with van der Waals surface area (Å²) in [6.45, 7) is 5.13. The number of benzene rings is 1. The average molecular weight is 244 g/mol. The monoisotopic (exact) mass is 244 g/mol. The smallest absolute Gasteiger partial charge is 0.254 e. The summed E-state index contributed by atoms with van der Waals surface area (Å²) in [5.41, 5.74) is 1.19. The number of nitriles is 1. The van der Waals surface area contributed by atoms with Crippen molar-refractivity contribution in [2.75, 3.05) is 13.2 Å². The van der Waals surface area contributed by atoms with Gasteiger partial charge in [0, 0.05) is 12.1 Å². The molecule has 2 atom stereocenters. The Balaban J connectivity index is 2.16. The molecule has 0 radical (unpaired) electrons. The first kappa shape index (κ1) is 12.6. The Morgan fingerprint density at radius 2 is 2.06 bits per heavy atom. The lowest BCUT2D eigenvalue weighted by Crippen LogP contribution is -2.50. The van der Waals surface area contributed by atoms with Gasteiger partial charge in [-0.2, -0.15) is 5.26 Å². The molecule has 0 aromatic heterocycles. The van der Waals surface area contributed by atoms with E-state index >= 15 is 0 Å². The predicted molar refractivity (Wildman–Crippen MR) is 67.1 cm³/mol. The fourth-order valence-electron chi connectivity index (χ4n) is 2.04. The summed E-state index contributed by atoms with van der Waals surface area (Å²) in [5, 5.41) is 8.73. The average Bonchev–Trinajstić information content (AvgIpc) is 2.41. The van der Waals surface area contributed by atoms with Crippen molar-refractivity contribution in [3.63, 3.8) is 0 Å². The zero-order chi connectivity index (χ0) is 13.1. The van der Waals surface area contributed by atoms with Gasteiger partial charge in [-0.15, -0.1) is 0 Å². The minimum absolute atomic E-state index is 0.00198. The number of carbonyl (C=O) groups is 1. The first-order valence-corrected chi connectivity index (χ1v) is 6.04. The van der Waals surface area contributed by atoms with Crippen LogP contribution in [-0.2, 0) is 4.74 Å². The maximum atomic E-state index is 12.3. The van der Waals surface area contributed by atoms with E-state index < -0.39 is 0 Å². The number of ether oxygens (including phenoxy) is 1. The molecule has 1 saturated heterocycles. The fourth-order valence-corrected chi connectivity index (χ4v) is 2.04. The van der Waals surface area contributed by atoms with Gasteiger partial charge in [0.05, 0.1) is 30.4 Å². The summed E-state index contributed by atoms with van der Waals surface area (Å²) in [7, 11) is 0. The molecule has 0 aliphatic carbocycles. The van der Waals surface area contributed by atoms with Crippen LogP contribution in [0.15, 0.2) is 24.3 Å². The van der Waals surface area contributed by atoms with Crippen molar-refractivity contribution >= 4 is 5.91 Å². The van der Waals surface area contributed by atoms with E-state index in [1.165, 1.54) is 0 Å². The zero-order valence-electron chi connectivity index (χ0n) is 10.6. The lowest BCUT2D eigenvalue weighted by atomic mass is 10.1. The third-order valence-electron chi connectivity index (χ3n) is 3.13. The van der Waals surface area contributed by atoms with E-state index in [0.29, 0.717) is 24.3 Å². The summed E-state index contributed by atoms with van der Waals surface area (Å²) in [6.07, 6.45) is 0.0727. The van der Waals surface area contributed by atoms with Gasteiger partial charge in [-0.3, -0.25) is 4.79 Å². The fraction of sp³-hybridized carbons (Fsp3) is 0.429. The number of hydrogen-bond donors (Lipinski definition) is 0. The molecule has 0 saturated carbocycles. The molecule has 2 unspecified atom stereocenters. The second-order valence-corrected chi connectivity index (χ2v) is 4.64. The molecule has 18 heavy (non-hydrogen) atoms. The summed E-state index contributed by atoms with van der Waals surface area (Å²) >= 11 is 0. The second-order valence-electron chi connectivity index (χ2n) is 4.64. The Bertz CT molecular complexity index is 476. The molecule has 2 rings (SSSR count). The van der Waals surface area contributed by atoms with Crippen LogP contribution in [0.2, 0.25) is 0 Å². The van der Waals surface area contributed by atoms with E-state index in [-0.39, 0.29) is 18.1 Å². The Morgan fingerprint density at radius 3 is 2.67 bits per heavy atom. The Morgan fingerprint density at radius 1 is 1.39 bits per heavy atom. The maximum Gasteiger partial charge on any atom is 0.254 e. The Hall–Kier alpha value is -1.86. The van der Waals surface area contributed by atoms with E-state index in [0.717, 1.165) is 0 Å². The van der Waals surface area contributed by atoms with Crippen molar-refractivity contribution in [3.8, 4) is 6.07 Å². The van der Waals surface area contributed by atoms with Crippen molar-refractivity contribution in [2.45, 2.75) is 26.0 Å². The highest BCUT2D eigenvalue weighted by Gasteiger charge is 2.28. The van der Waals surface area contributed by atoms with Crippen LogP contribution in [0, 0.1) is 11.3 Å². The van der Waals surface area contributed by atoms with Crippen LogP contribution < -0.4 is 0 Å². The topological polar surface area (TPSA) is 53.3 Å². The molecule has 1 aromatic rings. The molecule has 4 nitrogen and oxygen atoms in total. The first-order valence-electron chi connectivity index (χ1n) is 6.04. The molecule has 1 aromatic carbocycles. The van der Waals surface area contributed by atoms with Gasteiger partial charge >= 0.3 is 0 Å². The van der Waals surface area contributed by atoms with E-state index in [2.05, 4.69) is 0 Å². The van der Waals surface area contributed by atoms with Crippen molar-refractivity contribution in [3.05, 3.63) is 35.4 Å². The highest BCUT2D eigenvalue weighted by Crippen LogP contribution is 2.15. The molecule has 4 heteroatoms. The van der Waals surface area contributed by atoms with Gasteiger partial charge in [0.25, 0.3) is 5.91 Å². The van der Waals surface area contributed by atoms with Gasteiger partial charge in [-0.1, -0.05) is 0 Å². The van der Waals surface area contributed by atoms with Crippen molar-refractivity contribution in [1.29, 1.82) is 5.26 Å². The number of hydrogen-bond acceptors (Lipinski definition) is 3. The molecule has 1 fully saturated rings. The third kappa shape index (κ3) is 2.52. The molecular formula is C14H16N2O2. The predicted octanol–water partition coefficient (Wildman–Crippen LogP) is 1.81. The molecule has 1 aliphatic heterocycles. The second kappa shape index (κ2) is 5.19. The van der Waals surface area contributed by atoms with E-state index in [1.54, 1.807) is 24.3 Å². The molecule has 1 amide bonds. The van der Waals surface area contributed by atoms with Crippen molar-refractivity contribution in [1.82, 2.24) is 4.90 Å². The number of amides is 1. The van der Waals surface area contributed by atoms with Crippen LogP contribution in [0.25, 0.3) is 0 Å². The van der Waals surface area contributed by atoms with Gasteiger partial charge in [0.2, 0.25) is 0 Å². The van der Waals surface area contributed by atoms with Gasteiger partial charge in [-0.05, 0) is 38.1 Å². The van der Waals surface area contributed by atoms with Gasteiger partial charge in [0.15, 0.2) is 0 Å². The van der Waals surface area contributed by atoms with E-state index in [4.69, 9.17) is 10.00 Å². The van der Waals surface area contributed by atoms with Crippen molar-refractivity contribution in [2.24, 2.45) is 0 Å². The van der Waals surface area contributed by atoms with Crippen LogP contribution in [0.3, 0.4) is 0 Å². The molecule has 1 aliphatic rings. The third-order valence-corrected chi connectivity index (χ3v) is 3.13. The van der Waals surface area contributed by atoms with Gasteiger partial charge in [0.1, 0.15) is 0 Å². The lowest BCUT2D eigenvalue weighted by Gasteiger charge is -2.36. The zero-order valence-corrected chi connectivity index (χ0v) is 10.6. The van der Waals surface area contributed by atoms with E-state index in [9.17, 15) is 4.79 Å². The molecule has 94 valence electrons. The maximum absolute atomic E-state index is 12.3. The van der Waals surface area contributed by atoms with Crippen LogP contribution in [0.4, 0.5) is 0 Å². The van der Waals surface area contributed by atoms with Gasteiger partial charge < -0.3 is 9.64 Å². The van der Waals surface area contributed by atoms with Gasteiger partial charge in [-0.25, -0.2) is 0 Å². The summed E-state index contributed by atoms with van der Waals surface area (Å²) in [5.74, 6) is 0.00198. The normalized spacial score (nSPS) is 23.5. The minimum Gasteiger partial charge on any atom is -0.375 e. The number of carbonyl (C=O) groups excluding carboxylic acids is 1. The van der Waals surface area contributed by atoms with Crippen LogP contribution in [0.5, 0.6) is 0 Å². The standard InChI is InChI=1S/C14H16N2O2/c1-10-9-18-11(2)8-16(10)14(17)13-5-3-12(7-15)4-6-13/h3-6,10-11H,8-9H2,1-2H3.